The van der Waals surface area contributed by atoms with Crippen molar-refractivity contribution in [3.8, 4) is 0 Å². The maximum Gasteiger partial charge on any atom is 0.0220 e. The van der Waals surface area contributed by atoms with Gasteiger partial charge in [-0.05, 0) is 36.4 Å². The van der Waals surface area contributed by atoms with Gasteiger partial charge in [0.2, 0.25) is 0 Å². The smallest absolute Gasteiger partial charge is 0.0220 e. The molecule has 3 nitrogen and oxygen atoms in total. The van der Waals surface area contributed by atoms with Gasteiger partial charge in [-0.25, -0.2) is 0 Å². The normalized spacial score (nSPS) is 18.8. The number of nitrogens with two attached hydrogens (primary N) is 1. The van der Waals surface area contributed by atoms with Crippen LogP contribution < -0.4 is 11.1 Å². The molecule has 0 aliphatic heterocycles. The number of hydrogen-bond donors (Lipinski definition) is 3. The SMILES string of the molecule is NCC1(CNCc2cc[nH]c2)CC1. The summed E-state index contributed by atoms with van der Waals surface area (Å²) in [6.07, 6.45) is 6.56. The fraction of sp³-hybridized carbons (Fsp3) is 0.600. The summed E-state index contributed by atoms with van der Waals surface area (Å²) in [5.74, 6) is 0. The molecule has 0 amide bonds. The molecule has 1 aromatic heterocycles. The van der Waals surface area contributed by atoms with E-state index in [1.54, 1.807) is 0 Å². The first-order valence-corrected chi connectivity index (χ1v) is 4.87. The van der Waals surface area contributed by atoms with E-state index in [4.69, 9.17) is 5.73 Å². The van der Waals surface area contributed by atoms with Gasteiger partial charge in [-0.1, -0.05) is 0 Å². The van der Waals surface area contributed by atoms with Crippen LogP contribution in [0.1, 0.15) is 18.4 Å². The second-order valence-electron chi connectivity index (χ2n) is 4.03. The predicted octanol–water partition coefficient (Wildman–Crippen LogP) is 0.843. The molecular formula is C10H17N3. The fourth-order valence-electron chi connectivity index (χ4n) is 1.57. The molecule has 0 radical (unpaired) electrons. The number of hydrogen-bond acceptors (Lipinski definition) is 2. The molecule has 0 spiro atoms. The quantitative estimate of drug-likeness (QED) is 0.627. The third-order valence-corrected chi connectivity index (χ3v) is 2.88. The largest absolute Gasteiger partial charge is 0.367 e. The molecule has 0 saturated heterocycles. The lowest BCUT2D eigenvalue weighted by molar-refractivity contribution is 0.468. The monoisotopic (exact) mass is 179 g/mol. The zero-order valence-electron chi connectivity index (χ0n) is 7.84. The van der Waals surface area contributed by atoms with Crippen LogP contribution in [0.15, 0.2) is 18.5 Å². The second-order valence-corrected chi connectivity index (χ2v) is 4.03. The van der Waals surface area contributed by atoms with Crippen LogP contribution in [0, 0.1) is 5.41 Å². The zero-order valence-corrected chi connectivity index (χ0v) is 7.84. The first-order valence-electron chi connectivity index (χ1n) is 4.87. The zero-order chi connectivity index (χ0) is 9.15. The summed E-state index contributed by atoms with van der Waals surface area (Å²) >= 11 is 0. The highest BCUT2D eigenvalue weighted by Gasteiger charge is 2.40. The Kier molecular flexibility index (Phi) is 2.38. The van der Waals surface area contributed by atoms with E-state index in [1.165, 1.54) is 18.4 Å². The Labute approximate surface area is 78.7 Å². The van der Waals surface area contributed by atoms with E-state index >= 15 is 0 Å². The van der Waals surface area contributed by atoms with Gasteiger partial charge in [-0.3, -0.25) is 0 Å². The summed E-state index contributed by atoms with van der Waals surface area (Å²) < 4.78 is 0. The van der Waals surface area contributed by atoms with Crippen LogP contribution in [0.3, 0.4) is 0 Å². The van der Waals surface area contributed by atoms with Crippen LogP contribution in [-0.4, -0.2) is 18.1 Å². The van der Waals surface area contributed by atoms with Crippen molar-refractivity contribution < 1.29 is 0 Å². The van der Waals surface area contributed by atoms with Gasteiger partial charge >= 0.3 is 0 Å². The molecule has 1 aliphatic carbocycles. The van der Waals surface area contributed by atoms with E-state index < -0.39 is 0 Å². The third-order valence-electron chi connectivity index (χ3n) is 2.88. The third kappa shape index (κ3) is 2.11. The number of aromatic nitrogens is 1. The van der Waals surface area contributed by atoms with E-state index in [1.807, 2.05) is 12.4 Å². The Morgan fingerprint density at radius 3 is 2.92 bits per heavy atom. The van der Waals surface area contributed by atoms with E-state index in [2.05, 4.69) is 16.4 Å². The molecule has 1 fully saturated rings. The Bertz CT molecular complexity index is 249. The van der Waals surface area contributed by atoms with Crippen molar-refractivity contribution in [3.05, 3.63) is 24.0 Å². The average molecular weight is 179 g/mol. The molecule has 1 aliphatic rings. The van der Waals surface area contributed by atoms with Gasteiger partial charge in [-0.15, -0.1) is 0 Å². The number of H-pyrrole nitrogens is 1. The fourth-order valence-corrected chi connectivity index (χ4v) is 1.57. The van der Waals surface area contributed by atoms with E-state index in [0.29, 0.717) is 5.41 Å². The van der Waals surface area contributed by atoms with Crippen molar-refractivity contribution in [1.29, 1.82) is 0 Å². The van der Waals surface area contributed by atoms with Crippen LogP contribution in [-0.2, 0) is 6.54 Å². The van der Waals surface area contributed by atoms with Crippen LogP contribution in [0.2, 0.25) is 0 Å². The summed E-state index contributed by atoms with van der Waals surface area (Å²) in [6.45, 7) is 2.84. The van der Waals surface area contributed by atoms with Gasteiger partial charge in [0.25, 0.3) is 0 Å². The average Bonchev–Trinajstić information content (AvgIpc) is 2.74. The van der Waals surface area contributed by atoms with Crippen molar-refractivity contribution in [2.24, 2.45) is 11.1 Å². The minimum Gasteiger partial charge on any atom is -0.367 e. The van der Waals surface area contributed by atoms with Gasteiger partial charge in [0, 0.05) is 25.5 Å². The maximum absolute atomic E-state index is 5.68. The Morgan fingerprint density at radius 2 is 2.38 bits per heavy atom. The van der Waals surface area contributed by atoms with Crippen LogP contribution in [0.5, 0.6) is 0 Å². The van der Waals surface area contributed by atoms with Gasteiger partial charge in [0.05, 0.1) is 0 Å². The summed E-state index contributed by atoms with van der Waals surface area (Å²) in [7, 11) is 0. The Hall–Kier alpha value is -0.800. The van der Waals surface area contributed by atoms with Crippen LogP contribution >= 0.6 is 0 Å². The lowest BCUT2D eigenvalue weighted by Crippen LogP contribution is -2.29. The predicted molar refractivity (Wildman–Crippen MR) is 53.2 cm³/mol. The summed E-state index contributed by atoms with van der Waals surface area (Å²) in [6, 6.07) is 2.09. The first kappa shape index (κ1) is 8.78. The molecule has 4 N–H and O–H groups in total. The van der Waals surface area contributed by atoms with Gasteiger partial charge in [0.1, 0.15) is 0 Å². The highest BCUT2D eigenvalue weighted by atomic mass is 14.9. The van der Waals surface area contributed by atoms with Crippen molar-refractivity contribution >= 4 is 0 Å². The second kappa shape index (κ2) is 3.52. The van der Waals surface area contributed by atoms with Crippen molar-refractivity contribution in [1.82, 2.24) is 10.3 Å². The Balaban J connectivity index is 1.70. The molecule has 1 saturated carbocycles. The van der Waals surface area contributed by atoms with Gasteiger partial charge in [0.15, 0.2) is 0 Å². The molecule has 0 bridgehead atoms. The molecule has 0 atom stereocenters. The molecular weight excluding hydrogens is 162 g/mol. The van der Waals surface area contributed by atoms with E-state index in [-0.39, 0.29) is 0 Å². The molecule has 2 rings (SSSR count). The van der Waals surface area contributed by atoms with Gasteiger partial charge < -0.3 is 16.0 Å². The maximum atomic E-state index is 5.68. The molecule has 1 heterocycles. The lowest BCUT2D eigenvalue weighted by Gasteiger charge is -2.12. The van der Waals surface area contributed by atoms with E-state index in [9.17, 15) is 0 Å². The topological polar surface area (TPSA) is 53.8 Å². The standard InChI is InChI=1S/C10H17N3/c11-7-10(2-3-10)8-13-6-9-1-4-12-5-9/h1,4-5,12-13H,2-3,6-8,11H2. The number of nitrogens with one attached hydrogen (secondary N) is 2. The van der Waals surface area contributed by atoms with Gasteiger partial charge in [-0.2, -0.15) is 0 Å². The van der Waals surface area contributed by atoms with Crippen LogP contribution in [0.4, 0.5) is 0 Å². The first-order chi connectivity index (χ1) is 6.35. The molecule has 1 aromatic rings. The summed E-state index contributed by atoms with van der Waals surface area (Å²) in [5.41, 5.74) is 7.44. The van der Waals surface area contributed by atoms with Crippen molar-refractivity contribution in [3.63, 3.8) is 0 Å². The minimum absolute atomic E-state index is 0.441. The molecule has 0 unspecified atom stereocenters. The highest BCUT2D eigenvalue weighted by Crippen LogP contribution is 2.43. The molecule has 3 heteroatoms. The highest BCUT2D eigenvalue weighted by molar-refractivity contribution is 5.08. The number of rotatable bonds is 5. The lowest BCUT2D eigenvalue weighted by atomic mass is 10.1. The minimum atomic E-state index is 0.441. The van der Waals surface area contributed by atoms with Crippen molar-refractivity contribution in [2.45, 2.75) is 19.4 Å². The summed E-state index contributed by atoms with van der Waals surface area (Å²) in [5, 5.41) is 3.44. The molecule has 0 aromatic carbocycles. The summed E-state index contributed by atoms with van der Waals surface area (Å²) in [4.78, 5) is 3.04. The number of aromatic amines is 1. The Morgan fingerprint density at radius 1 is 1.54 bits per heavy atom. The van der Waals surface area contributed by atoms with Crippen LogP contribution in [0.25, 0.3) is 0 Å². The molecule has 13 heavy (non-hydrogen) atoms. The molecule has 72 valence electrons. The van der Waals surface area contributed by atoms with E-state index in [0.717, 1.165) is 19.6 Å². The van der Waals surface area contributed by atoms with Crippen molar-refractivity contribution in [2.75, 3.05) is 13.1 Å².